The maximum Gasteiger partial charge on any atom is 0.222 e. The van der Waals surface area contributed by atoms with Crippen molar-refractivity contribution in [1.29, 1.82) is 0 Å². The van der Waals surface area contributed by atoms with Crippen molar-refractivity contribution in [1.82, 2.24) is 15.2 Å². The highest BCUT2D eigenvalue weighted by molar-refractivity contribution is 5.76. The molecule has 1 aliphatic heterocycles. The number of hydrogen-bond donors (Lipinski definition) is 1. The zero-order chi connectivity index (χ0) is 14.5. The third kappa shape index (κ3) is 3.19. The van der Waals surface area contributed by atoms with E-state index in [-0.39, 0.29) is 11.9 Å². The monoisotopic (exact) mass is 279 g/mol. The fourth-order valence-corrected chi connectivity index (χ4v) is 2.40. The SMILES string of the molecule is COc1ccnc(CNC2CCC(=O)N(C)C2)c1OC. The number of methoxy groups -OCH3 is 2. The van der Waals surface area contributed by atoms with E-state index in [1.165, 1.54) is 0 Å². The molecule has 110 valence electrons. The molecule has 0 spiro atoms. The van der Waals surface area contributed by atoms with Crippen molar-refractivity contribution in [2.24, 2.45) is 0 Å². The topological polar surface area (TPSA) is 63.7 Å². The van der Waals surface area contributed by atoms with Crippen molar-refractivity contribution in [3.8, 4) is 11.5 Å². The van der Waals surface area contributed by atoms with Crippen LogP contribution in [-0.2, 0) is 11.3 Å². The van der Waals surface area contributed by atoms with E-state index in [4.69, 9.17) is 9.47 Å². The van der Waals surface area contributed by atoms with E-state index in [2.05, 4.69) is 10.3 Å². The molecule has 0 aromatic carbocycles. The van der Waals surface area contributed by atoms with Gasteiger partial charge >= 0.3 is 0 Å². The average molecular weight is 279 g/mol. The highest BCUT2D eigenvalue weighted by Crippen LogP contribution is 2.28. The summed E-state index contributed by atoms with van der Waals surface area (Å²) in [6.07, 6.45) is 3.15. The number of amides is 1. The van der Waals surface area contributed by atoms with E-state index in [9.17, 15) is 4.79 Å². The summed E-state index contributed by atoms with van der Waals surface area (Å²) in [6, 6.07) is 2.06. The largest absolute Gasteiger partial charge is 0.493 e. The van der Waals surface area contributed by atoms with Gasteiger partial charge in [0.2, 0.25) is 5.91 Å². The van der Waals surface area contributed by atoms with Crippen LogP contribution in [0, 0.1) is 0 Å². The second-order valence-corrected chi connectivity index (χ2v) is 4.88. The van der Waals surface area contributed by atoms with Gasteiger partial charge in [-0.25, -0.2) is 0 Å². The molecule has 1 unspecified atom stereocenters. The minimum atomic E-state index is 0.208. The van der Waals surface area contributed by atoms with Gasteiger partial charge in [0.1, 0.15) is 0 Å². The fraction of sp³-hybridized carbons (Fsp3) is 0.571. The first kappa shape index (κ1) is 14.6. The lowest BCUT2D eigenvalue weighted by atomic mass is 10.1. The molecule has 2 rings (SSSR count). The van der Waals surface area contributed by atoms with Gasteiger partial charge in [-0.1, -0.05) is 0 Å². The van der Waals surface area contributed by atoms with Crippen LogP contribution in [0.1, 0.15) is 18.5 Å². The number of rotatable bonds is 5. The molecule has 1 N–H and O–H groups in total. The van der Waals surface area contributed by atoms with Crippen LogP contribution >= 0.6 is 0 Å². The smallest absolute Gasteiger partial charge is 0.222 e. The second-order valence-electron chi connectivity index (χ2n) is 4.88. The number of nitrogens with zero attached hydrogens (tertiary/aromatic N) is 2. The van der Waals surface area contributed by atoms with Crippen molar-refractivity contribution < 1.29 is 14.3 Å². The van der Waals surface area contributed by atoms with Crippen LogP contribution in [0.25, 0.3) is 0 Å². The van der Waals surface area contributed by atoms with Gasteiger partial charge in [0, 0.05) is 44.9 Å². The Morgan fingerprint density at radius 2 is 2.25 bits per heavy atom. The first-order chi connectivity index (χ1) is 9.65. The Bertz CT molecular complexity index is 479. The summed E-state index contributed by atoms with van der Waals surface area (Å²) in [7, 11) is 5.05. The third-order valence-corrected chi connectivity index (χ3v) is 3.55. The van der Waals surface area contributed by atoms with Crippen LogP contribution in [0.3, 0.4) is 0 Å². The highest BCUT2D eigenvalue weighted by Gasteiger charge is 2.23. The minimum absolute atomic E-state index is 0.208. The standard InChI is InChI=1S/C14H21N3O3/c1-17-9-10(4-5-13(17)18)16-8-11-14(20-3)12(19-2)6-7-15-11/h6-7,10,16H,4-5,8-9H2,1-3H3. The van der Waals surface area contributed by atoms with E-state index in [0.29, 0.717) is 24.5 Å². The van der Waals surface area contributed by atoms with Crippen LogP contribution in [-0.4, -0.2) is 49.6 Å². The summed E-state index contributed by atoms with van der Waals surface area (Å²) in [5, 5.41) is 3.42. The Morgan fingerprint density at radius 1 is 1.45 bits per heavy atom. The molecular formula is C14H21N3O3. The number of likely N-dealkylation sites (N-methyl/N-ethyl adjacent to an activating group) is 1. The van der Waals surface area contributed by atoms with E-state index in [1.54, 1.807) is 31.4 Å². The fourth-order valence-electron chi connectivity index (χ4n) is 2.40. The van der Waals surface area contributed by atoms with Crippen LogP contribution in [0.4, 0.5) is 0 Å². The maximum absolute atomic E-state index is 11.4. The number of carbonyl (C=O) groups is 1. The van der Waals surface area contributed by atoms with Gasteiger partial charge in [0.25, 0.3) is 0 Å². The van der Waals surface area contributed by atoms with Gasteiger partial charge < -0.3 is 19.7 Å². The van der Waals surface area contributed by atoms with Crippen LogP contribution in [0.2, 0.25) is 0 Å². The molecule has 1 atom stereocenters. The first-order valence-corrected chi connectivity index (χ1v) is 6.69. The zero-order valence-corrected chi connectivity index (χ0v) is 12.2. The van der Waals surface area contributed by atoms with Gasteiger partial charge in [0.05, 0.1) is 19.9 Å². The molecular weight excluding hydrogens is 258 g/mol. The van der Waals surface area contributed by atoms with Gasteiger partial charge in [-0.05, 0) is 6.42 Å². The van der Waals surface area contributed by atoms with Crippen LogP contribution < -0.4 is 14.8 Å². The molecule has 1 aliphatic rings. The molecule has 0 bridgehead atoms. The third-order valence-electron chi connectivity index (χ3n) is 3.55. The number of aromatic nitrogens is 1. The van der Waals surface area contributed by atoms with E-state index < -0.39 is 0 Å². The number of hydrogen-bond acceptors (Lipinski definition) is 5. The summed E-state index contributed by atoms with van der Waals surface area (Å²) in [5.41, 5.74) is 0.811. The zero-order valence-electron chi connectivity index (χ0n) is 12.2. The molecule has 0 saturated carbocycles. The number of pyridine rings is 1. The van der Waals surface area contributed by atoms with Crippen molar-refractivity contribution in [3.63, 3.8) is 0 Å². The Hall–Kier alpha value is -1.82. The van der Waals surface area contributed by atoms with E-state index in [1.807, 2.05) is 7.05 Å². The van der Waals surface area contributed by atoms with Crippen molar-refractivity contribution in [2.75, 3.05) is 27.8 Å². The molecule has 1 amide bonds. The summed E-state index contributed by atoms with van der Waals surface area (Å²) in [6.45, 7) is 1.32. The number of ether oxygens (including phenoxy) is 2. The van der Waals surface area contributed by atoms with Crippen molar-refractivity contribution in [3.05, 3.63) is 18.0 Å². The van der Waals surface area contributed by atoms with E-state index >= 15 is 0 Å². The minimum Gasteiger partial charge on any atom is -0.493 e. The average Bonchev–Trinajstić information content (AvgIpc) is 2.47. The predicted octanol–water partition coefficient (Wildman–Crippen LogP) is 0.809. The van der Waals surface area contributed by atoms with Crippen LogP contribution in [0.5, 0.6) is 11.5 Å². The summed E-state index contributed by atoms with van der Waals surface area (Å²) >= 11 is 0. The Balaban J connectivity index is 1.99. The molecule has 0 aliphatic carbocycles. The summed E-state index contributed by atoms with van der Waals surface area (Å²) < 4.78 is 10.6. The lowest BCUT2D eigenvalue weighted by Crippen LogP contribution is -2.46. The van der Waals surface area contributed by atoms with E-state index in [0.717, 1.165) is 18.7 Å². The molecule has 1 aromatic rings. The van der Waals surface area contributed by atoms with Gasteiger partial charge in [-0.15, -0.1) is 0 Å². The van der Waals surface area contributed by atoms with Gasteiger partial charge in [-0.3, -0.25) is 9.78 Å². The predicted molar refractivity (Wildman–Crippen MR) is 74.8 cm³/mol. The Kier molecular flexibility index (Phi) is 4.79. The highest BCUT2D eigenvalue weighted by atomic mass is 16.5. The molecule has 1 aromatic heterocycles. The maximum atomic E-state index is 11.4. The molecule has 0 radical (unpaired) electrons. The molecule has 6 nitrogen and oxygen atoms in total. The summed E-state index contributed by atoms with van der Waals surface area (Å²) in [4.78, 5) is 17.5. The number of likely N-dealkylation sites (tertiary alicyclic amines) is 1. The van der Waals surface area contributed by atoms with Crippen molar-refractivity contribution >= 4 is 5.91 Å². The molecule has 6 heteroatoms. The molecule has 1 saturated heterocycles. The molecule has 2 heterocycles. The second kappa shape index (κ2) is 6.56. The first-order valence-electron chi connectivity index (χ1n) is 6.69. The molecule has 1 fully saturated rings. The van der Waals surface area contributed by atoms with Crippen LogP contribution in [0.15, 0.2) is 12.3 Å². The normalized spacial score (nSPS) is 19.1. The number of nitrogens with one attached hydrogen (secondary N) is 1. The Labute approximate surface area is 119 Å². The lowest BCUT2D eigenvalue weighted by molar-refractivity contribution is -0.132. The lowest BCUT2D eigenvalue weighted by Gasteiger charge is -2.30. The summed E-state index contributed by atoms with van der Waals surface area (Å²) in [5.74, 6) is 1.54. The van der Waals surface area contributed by atoms with Crippen molar-refractivity contribution in [2.45, 2.75) is 25.4 Å². The Morgan fingerprint density at radius 3 is 2.90 bits per heavy atom. The number of carbonyl (C=O) groups excluding carboxylic acids is 1. The molecule has 20 heavy (non-hydrogen) atoms. The quantitative estimate of drug-likeness (QED) is 0.864. The number of piperidine rings is 1. The van der Waals surface area contributed by atoms with Gasteiger partial charge in [0.15, 0.2) is 11.5 Å². The van der Waals surface area contributed by atoms with Gasteiger partial charge in [-0.2, -0.15) is 0 Å².